The second kappa shape index (κ2) is 11.5. The third-order valence-electron chi connectivity index (χ3n) is 3.83. The van der Waals surface area contributed by atoms with Gasteiger partial charge in [-0.05, 0) is 51.2 Å². The van der Waals surface area contributed by atoms with E-state index in [2.05, 4.69) is 42.7 Å². The number of nitrogens with one attached hydrogen (secondary N) is 2. The van der Waals surface area contributed by atoms with Crippen LogP contribution in [0.15, 0.2) is 18.2 Å². The Morgan fingerprint density at radius 1 is 1.04 bits per heavy atom. The molecular formula is C19H30N2O3. The zero-order valence-electron chi connectivity index (χ0n) is 15.1. The number of amides is 2. The molecule has 0 fully saturated rings. The van der Waals surface area contributed by atoms with Gasteiger partial charge in [0.2, 0.25) is 0 Å². The van der Waals surface area contributed by atoms with Crippen LogP contribution < -0.4 is 10.6 Å². The average Bonchev–Trinajstić information content (AvgIpc) is 2.53. The van der Waals surface area contributed by atoms with Crippen LogP contribution in [0.5, 0.6) is 0 Å². The Bertz CT molecular complexity index is 529. The highest BCUT2D eigenvalue weighted by Crippen LogP contribution is 2.10. The maximum Gasteiger partial charge on any atom is 0.314 e. The molecule has 0 spiro atoms. The zero-order valence-corrected chi connectivity index (χ0v) is 15.1. The number of hydrogen-bond acceptors (Lipinski definition) is 3. The maximum absolute atomic E-state index is 11.7. The lowest BCUT2D eigenvalue weighted by Crippen LogP contribution is -2.37. The molecule has 0 aliphatic rings. The standard InChI is InChI=1S/C19H30N2O3/c1-4-24-18(22)8-6-5-7-12-20-19(23)21-13-11-17-10-9-15(2)14-16(17)3/h9-10,14H,4-8,11-13H2,1-3H3,(H2,20,21,23). The van der Waals surface area contributed by atoms with Gasteiger partial charge in [0, 0.05) is 19.5 Å². The minimum absolute atomic E-state index is 0.134. The molecule has 0 aromatic heterocycles. The molecule has 5 heteroatoms. The van der Waals surface area contributed by atoms with Crippen molar-refractivity contribution in [3.8, 4) is 0 Å². The minimum Gasteiger partial charge on any atom is -0.466 e. The van der Waals surface area contributed by atoms with Gasteiger partial charge in [-0.1, -0.05) is 30.2 Å². The lowest BCUT2D eigenvalue weighted by molar-refractivity contribution is -0.143. The van der Waals surface area contributed by atoms with Gasteiger partial charge in [-0.3, -0.25) is 4.79 Å². The molecule has 0 aliphatic heterocycles. The van der Waals surface area contributed by atoms with E-state index in [1.165, 1.54) is 16.7 Å². The van der Waals surface area contributed by atoms with Crippen LogP contribution in [0.25, 0.3) is 0 Å². The summed E-state index contributed by atoms with van der Waals surface area (Å²) < 4.78 is 4.86. The first-order valence-electron chi connectivity index (χ1n) is 8.76. The molecule has 0 saturated heterocycles. The Hall–Kier alpha value is -2.04. The van der Waals surface area contributed by atoms with E-state index in [9.17, 15) is 9.59 Å². The Morgan fingerprint density at radius 3 is 2.50 bits per heavy atom. The molecule has 0 unspecified atom stereocenters. The summed E-state index contributed by atoms with van der Waals surface area (Å²) in [6, 6.07) is 6.24. The summed E-state index contributed by atoms with van der Waals surface area (Å²) in [4.78, 5) is 22.9. The number of ether oxygens (including phenoxy) is 1. The van der Waals surface area contributed by atoms with E-state index in [0.29, 0.717) is 26.1 Å². The number of hydrogen-bond donors (Lipinski definition) is 2. The molecule has 2 amide bonds. The highest BCUT2D eigenvalue weighted by molar-refractivity contribution is 5.73. The fourth-order valence-corrected chi connectivity index (χ4v) is 2.51. The Labute approximate surface area is 145 Å². The van der Waals surface area contributed by atoms with E-state index in [4.69, 9.17) is 4.74 Å². The lowest BCUT2D eigenvalue weighted by Gasteiger charge is -2.09. The van der Waals surface area contributed by atoms with Crippen LogP contribution in [0.1, 0.15) is 49.3 Å². The van der Waals surface area contributed by atoms with Crippen molar-refractivity contribution in [2.75, 3.05) is 19.7 Å². The SMILES string of the molecule is CCOC(=O)CCCCCNC(=O)NCCc1ccc(C)cc1C. The largest absolute Gasteiger partial charge is 0.466 e. The summed E-state index contributed by atoms with van der Waals surface area (Å²) in [6.45, 7) is 7.66. The summed E-state index contributed by atoms with van der Waals surface area (Å²) in [5.74, 6) is -0.144. The summed E-state index contributed by atoms with van der Waals surface area (Å²) in [5, 5.41) is 5.71. The van der Waals surface area contributed by atoms with Crippen molar-refractivity contribution >= 4 is 12.0 Å². The first-order valence-corrected chi connectivity index (χ1v) is 8.76. The third kappa shape index (κ3) is 8.56. The second-order valence-corrected chi connectivity index (χ2v) is 5.98. The third-order valence-corrected chi connectivity index (χ3v) is 3.83. The lowest BCUT2D eigenvalue weighted by atomic mass is 10.0. The minimum atomic E-state index is -0.144. The van der Waals surface area contributed by atoms with Crippen LogP contribution in [-0.2, 0) is 16.0 Å². The van der Waals surface area contributed by atoms with Crippen LogP contribution >= 0.6 is 0 Å². The number of benzene rings is 1. The van der Waals surface area contributed by atoms with E-state index in [-0.39, 0.29) is 12.0 Å². The van der Waals surface area contributed by atoms with Gasteiger partial charge in [-0.25, -0.2) is 4.79 Å². The Balaban J connectivity index is 2.05. The fourth-order valence-electron chi connectivity index (χ4n) is 2.51. The van der Waals surface area contributed by atoms with Gasteiger partial charge < -0.3 is 15.4 Å². The zero-order chi connectivity index (χ0) is 17.8. The number of carbonyl (C=O) groups excluding carboxylic acids is 2. The van der Waals surface area contributed by atoms with E-state index in [1.807, 2.05) is 0 Å². The van der Waals surface area contributed by atoms with E-state index < -0.39 is 0 Å². The van der Waals surface area contributed by atoms with Crippen LogP contribution in [-0.4, -0.2) is 31.7 Å². The van der Waals surface area contributed by atoms with Crippen LogP contribution in [0.2, 0.25) is 0 Å². The van der Waals surface area contributed by atoms with Crippen molar-refractivity contribution in [1.29, 1.82) is 0 Å². The van der Waals surface area contributed by atoms with Crippen LogP contribution in [0.4, 0.5) is 4.79 Å². The highest BCUT2D eigenvalue weighted by Gasteiger charge is 2.03. The fraction of sp³-hybridized carbons (Fsp3) is 0.579. The summed E-state index contributed by atoms with van der Waals surface area (Å²) in [5.41, 5.74) is 3.78. The van der Waals surface area contributed by atoms with Gasteiger partial charge in [0.05, 0.1) is 6.61 Å². The molecule has 134 valence electrons. The summed E-state index contributed by atoms with van der Waals surface area (Å²) in [7, 11) is 0. The van der Waals surface area contributed by atoms with Crippen molar-refractivity contribution in [3.63, 3.8) is 0 Å². The van der Waals surface area contributed by atoms with E-state index in [0.717, 1.165) is 25.7 Å². The maximum atomic E-state index is 11.7. The van der Waals surface area contributed by atoms with E-state index >= 15 is 0 Å². The first kappa shape index (κ1) is 20.0. The molecular weight excluding hydrogens is 304 g/mol. The molecule has 0 atom stereocenters. The number of unbranched alkanes of at least 4 members (excludes halogenated alkanes) is 2. The van der Waals surface area contributed by atoms with Crippen molar-refractivity contribution < 1.29 is 14.3 Å². The molecule has 1 aromatic carbocycles. The molecule has 24 heavy (non-hydrogen) atoms. The Kier molecular flexibility index (Phi) is 9.58. The first-order chi connectivity index (χ1) is 11.5. The molecule has 1 rings (SSSR count). The van der Waals surface area contributed by atoms with Crippen molar-refractivity contribution in [2.24, 2.45) is 0 Å². The molecule has 1 aromatic rings. The van der Waals surface area contributed by atoms with Crippen LogP contribution in [0.3, 0.4) is 0 Å². The second-order valence-electron chi connectivity index (χ2n) is 5.98. The normalized spacial score (nSPS) is 10.3. The molecule has 0 saturated carbocycles. The predicted molar refractivity (Wildman–Crippen MR) is 96.1 cm³/mol. The van der Waals surface area contributed by atoms with Gasteiger partial charge in [0.1, 0.15) is 0 Å². The number of aryl methyl sites for hydroxylation is 2. The van der Waals surface area contributed by atoms with Gasteiger partial charge in [0.15, 0.2) is 0 Å². The topological polar surface area (TPSA) is 67.4 Å². The molecule has 0 aliphatic carbocycles. The number of esters is 1. The van der Waals surface area contributed by atoms with Crippen molar-refractivity contribution in [1.82, 2.24) is 10.6 Å². The Morgan fingerprint density at radius 2 is 1.79 bits per heavy atom. The smallest absolute Gasteiger partial charge is 0.314 e. The number of urea groups is 1. The van der Waals surface area contributed by atoms with E-state index in [1.54, 1.807) is 6.92 Å². The molecule has 0 bridgehead atoms. The van der Waals surface area contributed by atoms with Crippen molar-refractivity contribution in [2.45, 2.75) is 52.9 Å². The van der Waals surface area contributed by atoms with Gasteiger partial charge in [-0.15, -0.1) is 0 Å². The monoisotopic (exact) mass is 334 g/mol. The number of carbonyl (C=O) groups is 2. The number of rotatable bonds is 10. The van der Waals surface area contributed by atoms with Crippen LogP contribution in [0, 0.1) is 13.8 Å². The predicted octanol–water partition coefficient (Wildman–Crippen LogP) is 3.27. The summed E-state index contributed by atoms with van der Waals surface area (Å²) >= 11 is 0. The molecule has 0 radical (unpaired) electrons. The molecule has 2 N–H and O–H groups in total. The molecule has 5 nitrogen and oxygen atoms in total. The van der Waals surface area contributed by atoms with Gasteiger partial charge in [0.25, 0.3) is 0 Å². The molecule has 0 heterocycles. The van der Waals surface area contributed by atoms with Crippen molar-refractivity contribution in [3.05, 3.63) is 34.9 Å². The van der Waals surface area contributed by atoms with Gasteiger partial charge in [-0.2, -0.15) is 0 Å². The van der Waals surface area contributed by atoms with Gasteiger partial charge >= 0.3 is 12.0 Å². The summed E-state index contributed by atoms with van der Waals surface area (Å²) in [6.07, 6.45) is 3.86. The average molecular weight is 334 g/mol. The highest BCUT2D eigenvalue weighted by atomic mass is 16.5. The quantitative estimate of drug-likeness (QED) is 0.510.